The van der Waals surface area contributed by atoms with Gasteiger partial charge in [-0.3, -0.25) is 4.90 Å². The third-order valence-corrected chi connectivity index (χ3v) is 4.81. The van der Waals surface area contributed by atoms with Crippen LogP contribution in [0.25, 0.3) is 10.8 Å². The number of likely N-dealkylation sites (N-methyl/N-ethyl adjacent to an activating group) is 1. The molecule has 0 saturated carbocycles. The summed E-state index contributed by atoms with van der Waals surface area (Å²) in [7, 11) is 3.63. The first-order valence-electron chi connectivity index (χ1n) is 7.64. The molecule has 0 aliphatic heterocycles. The maximum absolute atomic E-state index is 9.80. The second kappa shape index (κ2) is 7.61. The van der Waals surface area contributed by atoms with E-state index in [2.05, 4.69) is 9.88 Å². The molecule has 2 heterocycles. The summed E-state index contributed by atoms with van der Waals surface area (Å²) >= 11 is 1.56. The topological polar surface area (TPSA) is 58.7 Å². The van der Waals surface area contributed by atoms with Gasteiger partial charge in [0.15, 0.2) is 10.8 Å². The fraction of sp³-hybridized carbons (Fsp3) is 0.278. The summed E-state index contributed by atoms with van der Waals surface area (Å²) in [5, 5.41) is 12.7. The summed E-state index contributed by atoms with van der Waals surface area (Å²) in [4.78, 5) is 6.70. The van der Waals surface area contributed by atoms with Crippen LogP contribution in [0.2, 0.25) is 0 Å². The Morgan fingerprint density at radius 3 is 2.71 bits per heavy atom. The lowest BCUT2D eigenvalue weighted by molar-refractivity contribution is 0.141. The summed E-state index contributed by atoms with van der Waals surface area (Å²) < 4.78 is 10.6. The van der Waals surface area contributed by atoms with E-state index in [1.165, 1.54) is 0 Å². The molecule has 1 atom stereocenters. The molecule has 1 N–H and O–H groups in total. The number of hydrogen-bond acceptors (Lipinski definition) is 6. The molecule has 5 nitrogen and oxygen atoms in total. The van der Waals surface area contributed by atoms with Crippen LogP contribution >= 0.6 is 11.3 Å². The maximum Gasteiger partial charge on any atom is 0.162 e. The minimum Gasteiger partial charge on any atom is -0.497 e. The third-order valence-electron chi connectivity index (χ3n) is 3.90. The molecule has 6 heteroatoms. The molecule has 0 amide bonds. The molecule has 0 radical (unpaired) electrons. The predicted molar refractivity (Wildman–Crippen MR) is 94.1 cm³/mol. The van der Waals surface area contributed by atoms with Crippen LogP contribution in [0.3, 0.4) is 0 Å². The lowest BCUT2D eigenvalue weighted by atomic mass is 10.1. The van der Waals surface area contributed by atoms with Crippen molar-refractivity contribution in [2.75, 3.05) is 20.8 Å². The van der Waals surface area contributed by atoms with Gasteiger partial charge in [-0.2, -0.15) is 0 Å². The molecular formula is C18H20N2O3S. The van der Waals surface area contributed by atoms with E-state index in [4.69, 9.17) is 9.15 Å². The van der Waals surface area contributed by atoms with Crippen LogP contribution < -0.4 is 4.74 Å². The number of methoxy groups -OCH3 is 1. The van der Waals surface area contributed by atoms with Crippen LogP contribution in [-0.2, 0) is 6.54 Å². The van der Waals surface area contributed by atoms with Crippen LogP contribution in [-0.4, -0.2) is 35.8 Å². The van der Waals surface area contributed by atoms with Gasteiger partial charge < -0.3 is 14.3 Å². The van der Waals surface area contributed by atoms with Gasteiger partial charge in [-0.25, -0.2) is 4.98 Å². The Morgan fingerprint density at radius 2 is 2.08 bits per heavy atom. The highest BCUT2D eigenvalue weighted by Crippen LogP contribution is 2.27. The number of thiazole rings is 1. The van der Waals surface area contributed by atoms with E-state index in [0.717, 1.165) is 27.8 Å². The standard InChI is InChI=1S/C18H20N2O3S/c1-20(16(11-21)13-5-7-15(22-2)8-6-13)10-14-12-24-18(19-14)17-4-3-9-23-17/h3-9,12,16,21H,10-11H2,1-2H3. The van der Waals surface area contributed by atoms with Gasteiger partial charge >= 0.3 is 0 Å². The van der Waals surface area contributed by atoms with Crippen molar-refractivity contribution >= 4 is 11.3 Å². The van der Waals surface area contributed by atoms with Crippen LogP contribution in [0.5, 0.6) is 5.75 Å². The predicted octanol–water partition coefficient (Wildman–Crippen LogP) is 3.58. The maximum atomic E-state index is 9.80. The number of aromatic nitrogens is 1. The smallest absolute Gasteiger partial charge is 0.162 e. The molecule has 1 unspecified atom stereocenters. The zero-order chi connectivity index (χ0) is 16.9. The van der Waals surface area contributed by atoms with Crippen molar-refractivity contribution in [3.8, 4) is 16.5 Å². The van der Waals surface area contributed by atoms with E-state index in [9.17, 15) is 5.11 Å². The number of aliphatic hydroxyl groups is 1. The lowest BCUT2D eigenvalue weighted by Crippen LogP contribution is -2.27. The van der Waals surface area contributed by atoms with E-state index >= 15 is 0 Å². The molecule has 126 valence electrons. The van der Waals surface area contributed by atoms with Crippen molar-refractivity contribution in [3.05, 3.63) is 59.3 Å². The van der Waals surface area contributed by atoms with Gasteiger partial charge in [0.05, 0.1) is 31.7 Å². The molecule has 0 fully saturated rings. The molecule has 0 saturated heterocycles. The van der Waals surface area contributed by atoms with Crippen molar-refractivity contribution in [2.45, 2.75) is 12.6 Å². The summed E-state index contributed by atoms with van der Waals surface area (Å²) in [6.45, 7) is 0.687. The fourth-order valence-electron chi connectivity index (χ4n) is 2.58. The Morgan fingerprint density at radius 1 is 1.29 bits per heavy atom. The largest absolute Gasteiger partial charge is 0.497 e. The highest BCUT2D eigenvalue weighted by atomic mass is 32.1. The van der Waals surface area contributed by atoms with Gasteiger partial charge in [0.2, 0.25) is 0 Å². The third kappa shape index (κ3) is 3.67. The van der Waals surface area contributed by atoms with Crippen LogP contribution in [0.1, 0.15) is 17.3 Å². The van der Waals surface area contributed by atoms with E-state index < -0.39 is 0 Å². The first-order valence-corrected chi connectivity index (χ1v) is 8.52. The second-order valence-corrected chi connectivity index (χ2v) is 6.37. The Labute approximate surface area is 145 Å². The number of hydrogen-bond donors (Lipinski definition) is 1. The van der Waals surface area contributed by atoms with Gasteiger partial charge in [-0.15, -0.1) is 11.3 Å². The van der Waals surface area contributed by atoms with Gasteiger partial charge in [0.1, 0.15) is 5.75 Å². The van der Waals surface area contributed by atoms with Crippen LogP contribution in [0, 0.1) is 0 Å². The van der Waals surface area contributed by atoms with Crippen molar-refractivity contribution < 1.29 is 14.3 Å². The molecule has 0 bridgehead atoms. The molecule has 24 heavy (non-hydrogen) atoms. The van der Waals surface area contributed by atoms with E-state index in [0.29, 0.717) is 6.54 Å². The summed E-state index contributed by atoms with van der Waals surface area (Å²) in [6, 6.07) is 11.4. The minimum atomic E-state index is -0.0929. The number of nitrogens with zero attached hydrogens (tertiary/aromatic N) is 2. The molecule has 3 aromatic rings. The number of benzene rings is 1. The van der Waals surface area contributed by atoms with Crippen molar-refractivity contribution in [2.24, 2.45) is 0 Å². The first kappa shape index (κ1) is 16.7. The van der Waals surface area contributed by atoms with Gasteiger partial charge in [-0.1, -0.05) is 12.1 Å². The van der Waals surface area contributed by atoms with Crippen molar-refractivity contribution in [3.63, 3.8) is 0 Å². The second-order valence-electron chi connectivity index (χ2n) is 5.51. The lowest BCUT2D eigenvalue weighted by Gasteiger charge is -2.26. The Bertz CT molecular complexity index is 753. The van der Waals surface area contributed by atoms with Gasteiger partial charge in [-0.05, 0) is 36.9 Å². The SMILES string of the molecule is COc1ccc(C(CO)N(C)Cc2csc(-c3ccco3)n2)cc1. The normalized spacial score (nSPS) is 12.5. The number of rotatable bonds is 7. The minimum absolute atomic E-state index is 0.0397. The molecular weight excluding hydrogens is 324 g/mol. The average Bonchev–Trinajstić information content (AvgIpc) is 3.27. The fourth-order valence-corrected chi connectivity index (χ4v) is 3.36. The van der Waals surface area contributed by atoms with E-state index in [1.54, 1.807) is 24.7 Å². The van der Waals surface area contributed by atoms with Crippen LogP contribution in [0.4, 0.5) is 0 Å². The molecule has 0 spiro atoms. The molecule has 0 aliphatic carbocycles. The Balaban J connectivity index is 1.71. The summed E-state index contributed by atoms with van der Waals surface area (Å²) in [5.74, 6) is 1.59. The number of ether oxygens (including phenoxy) is 1. The Hall–Kier alpha value is -2.15. The molecule has 2 aromatic heterocycles. The zero-order valence-corrected chi connectivity index (χ0v) is 14.5. The average molecular weight is 344 g/mol. The molecule has 1 aromatic carbocycles. The quantitative estimate of drug-likeness (QED) is 0.710. The van der Waals surface area contributed by atoms with Gasteiger partial charge in [0.25, 0.3) is 0 Å². The highest BCUT2D eigenvalue weighted by Gasteiger charge is 2.18. The zero-order valence-electron chi connectivity index (χ0n) is 13.7. The van der Waals surface area contributed by atoms with Crippen molar-refractivity contribution in [1.29, 1.82) is 0 Å². The monoisotopic (exact) mass is 344 g/mol. The molecule has 3 rings (SSSR count). The van der Waals surface area contributed by atoms with Crippen LogP contribution in [0.15, 0.2) is 52.5 Å². The summed E-state index contributed by atoms with van der Waals surface area (Å²) in [5.41, 5.74) is 2.00. The van der Waals surface area contributed by atoms with E-state index in [-0.39, 0.29) is 12.6 Å². The number of furan rings is 1. The summed E-state index contributed by atoms with van der Waals surface area (Å²) in [6.07, 6.45) is 1.65. The van der Waals surface area contributed by atoms with Crippen molar-refractivity contribution in [1.82, 2.24) is 9.88 Å². The number of aliphatic hydroxyl groups excluding tert-OH is 1. The highest BCUT2D eigenvalue weighted by molar-refractivity contribution is 7.13. The Kier molecular flexibility index (Phi) is 5.30. The van der Waals surface area contributed by atoms with Gasteiger partial charge in [0, 0.05) is 11.9 Å². The van der Waals surface area contributed by atoms with E-state index in [1.807, 2.05) is 48.8 Å². The molecule has 0 aliphatic rings. The first-order chi connectivity index (χ1) is 11.7.